The number of aliphatic hydroxyl groups is 1. The molecule has 38 heavy (non-hydrogen) atoms. The molecule has 0 aliphatic heterocycles. The van der Waals surface area contributed by atoms with Crippen LogP contribution in [0.2, 0.25) is 0 Å². The number of hydrogen-bond donors (Lipinski definition) is 2. The fraction of sp³-hybridized carbons (Fsp3) is 0.452. The molecule has 1 amide bonds. The Morgan fingerprint density at radius 2 is 1.61 bits per heavy atom. The lowest BCUT2D eigenvalue weighted by Crippen LogP contribution is -2.41. The molecule has 0 radical (unpaired) electrons. The highest BCUT2D eigenvalue weighted by atomic mass is 16.5. The van der Waals surface area contributed by atoms with E-state index < -0.39 is 0 Å². The van der Waals surface area contributed by atoms with E-state index in [2.05, 4.69) is 29.2 Å². The molecule has 2 fully saturated rings. The number of benzene rings is 2. The van der Waals surface area contributed by atoms with Gasteiger partial charge in [-0.25, -0.2) is 4.98 Å². The van der Waals surface area contributed by atoms with E-state index in [1.807, 2.05) is 36.4 Å². The lowest BCUT2D eigenvalue weighted by Gasteiger charge is -2.30. The molecule has 7 heteroatoms. The van der Waals surface area contributed by atoms with Crippen molar-refractivity contribution in [2.75, 3.05) is 13.2 Å². The first-order valence-corrected chi connectivity index (χ1v) is 13.8. The van der Waals surface area contributed by atoms with Gasteiger partial charge in [-0.3, -0.25) is 4.79 Å². The maximum absolute atomic E-state index is 14.0. The van der Waals surface area contributed by atoms with E-state index in [4.69, 9.17) is 9.72 Å². The number of aromatic hydroxyl groups is 1. The summed E-state index contributed by atoms with van der Waals surface area (Å²) in [7, 11) is 0. The summed E-state index contributed by atoms with van der Waals surface area (Å²) in [5, 5.41) is 20.9. The predicted octanol–water partition coefficient (Wildman–Crippen LogP) is 5.19. The highest BCUT2D eigenvalue weighted by molar-refractivity contribution is 5.95. The van der Waals surface area contributed by atoms with Crippen molar-refractivity contribution in [2.24, 2.45) is 0 Å². The number of aromatic nitrogens is 2. The molecule has 7 nitrogen and oxygen atoms in total. The fourth-order valence-electron chi connectivity index (χ4n) is 6.19. The predicted molar refractivity (Wildman–Crippen MR) is 145 cm³/mol. The van der Waals surface area contributed by atoms with Crippen molar-refractivity contribution in [3.63, 3.8) is 0 Å². The van der Waals surface area contributed by atoms with Crippen LogP contribution >= 0.6 is 0 Å². The van der Waals surface area contributed by atoms with Crippen LogP contribution in [0.25, 0.3) is 0 Å². The third kappa shape index (κ3) is 5.68. The Kier molecular flexibility index (Phi) is 8.23. The minimum absolute atomic E-state index is 0.00345. The summed E-state index contributed by atoms with van der Waals surface area (Å²) in [5.74, 6) is -0.193. The number of ether oxygens (including phenoxy) is 1. The Labute approximate surface area is 224 Å². The van der Waals surface area contributed by atoms with Gasteiger partial charge in [0.05, 0.1) is 6.61 Å². The first kappa shape index (κ1) is 26.2. The van der Waals surface area contributed by atoms with Crippen LogP contribution in [0.3, 0.4) is 0 Å². The van der Waals surface area contributed by atoms with Crippen LogP contribution in [-0.2, 0) is 18.4 Å². The van der Waals surface area contributed by atoms with Crippen molar-refractivity contribution in [3.8, 4) is 11.6 Å². The normalized spacial score (nSPS) is 17.0. The zero-order chi connectivity index (χ0) is 26.4. The average Bonchev–Trinajstić information content (AvgIpc) is 3.65. The molecule has 0 atom stereocenters. The molecule has 2 aliphatic rings. The molecule has 2 saturated carbocycles. The number of carbonyl (C=O) groups excluding carboxylic acids is 1. The summed E-state index contributed by atoms with van der Waals surface area (Å²) in [6, 6.07) is 20.1. The Hall–Kier alpha value is -3.45. The molecule has 1 aromatic heterocycles. The second kappa shape index (κ2) is 11.9. The van der Waals surface area contributed by atoms with E-state index in [1.54, 1.807) is 4.90 Å². The molecule has 0 spiro atoms. The van der Waals surface area contributed by atoms with Crippen molar-refractivity contribution in [3.05, 3.63) is 83.3 Å². The maximum atomic E-state index is 14.0. The number of rotatable bonds is 10. The molecule has 0 unspecified atom stereocenters. The number of aliphatic hydroxyl groups excluding tert-OH is 1. The minimum atomic E-state index is -0.326. The average molecular weight is 516 g/mol. The van der Waals surface area contributed by atoms with E-state index in [-0.39, 0.29) is 54.4 Å². The second-order valence-corrected chi connectivity index (χ2v) is 10.6. The number of amides is 1. The van der Waals surface area contributed by atoms with Crippen LogP contribution in [0.4, 0.5) is 0 Å². The van der Waals surface area contributed by atoms with Crippen molar-refractivity contribution >= 4 is 5.91 Å². The zero-order valence-electron chi connectivity index (χ0n) is 21.9. The van der Waals surface area contributed by atoms with Crippen molar-refractivity contribution < 1.29 is 19.7 Å². The molecule has 0 bridgehead atoms. The van der Waals surface area contributed by atoms with Crippen LogP contribution in [0, 0.1) is 0 Å². The Balaban J connectivity index is 1.51. The molecule has 1 heterocycles. The lowest BCUT2D eigenvalue weighted by molar-refractivity contribution is 0.0624. The van der Waals surface area contributed by atoms with Gasteiger partial charge in [-0.15, -0.1) is 0 Å². The van der Waals surface area contributed by atoms with Gasteiger partial charge in [-0.1, -0.05) is 86.3 Å². The molecule has 2 N–H and O–H groups in total. The third-order valence-electron chi connectivity index (χ3n) is 8.13. The first-order valence-electron chi connectivity index (χ1n) is 13.8. The molecule has 5 rings (SSSR count). The van der Waals surface area contributed by atoms with Gasteiger partial charge in [0.25, 0.3) is 11.8 Å². The van der Waals surface area contributed by atoms with Gasteiger partial charge < -0.3 is 19.8 Å². The number of nitrogens with zero attached hydrogens (tertiary/aromatic N) is 3. The van der Waals surface area contributed by atoms with E-state index in [0.717, 1.165) is 56.9 Å². The molecule has 2 aromatic carbocycles. The minimum Gasteiger partial charge on any atom is -0.491 e. The van der Waals surface area contributed by atoms with Crippen molar-refractivity contribution in [2.45, 2.75) is 75.9 Å². The highest BCUT2D eigenvalue weighted by Crippen LogP contribution is 2.44. The van der Waals surface area contributed by atoms with Gasteiger partial charge >= 0.3 is 0 Å². The molecule has 200 valence electrons. The van der Waals surface area contributed by atoms with Crippen LogP contribution < -0.4 is 4.74 Å². The van der Waals surface area contributed by atoms with Gasteiger partial charge in [0.1, 0.15) is 12.4 Å². The van der Waals surface area contributed by atoms with Crippen molar-refractivity contribution in [1.29, 1.82) is 0 Å². The number of carbonyl (C=O) groups is 1. The molecule has 0 saturated heterocycles. The van der Waals surface area contributed by atoms with Gasteiger partial charge in [0.15, 0.2) is 5.69 Å². The number of hydrogen-bond acceptors (Lipinski definition) is 6. The molecule has 2 aliphatic carbocycles. The molecular formula is C31H37N3O4. The standard InChI is InChI=1S/C31H37N3O4/c35-20-19-34(25-15-7-8-16-25)30(37)27-28(38-22-23-11-3-1-4-12-23)29(36)33-26(32-27)21-31(17-9-10-18-31)24-13-5-2-6-14-24/h1-6,11-14,25,35H,7-10,15-22H2,(H,32,33,36). The van der Waals surface area contributed by atoms with Crippen LogP contribution in [0.5, 0.6) is 11.6 Å². The van der Waals surface area contributed by atoms with Gasteiger partial charge in [0.2, 0.25) is 5.75 Å². The smallest absolute Gasteiger partial charge is 0.276 e. The van der Waals surface area contributed by atoms with E-state index in [9.17, 15) is 15.0 Å². The summed E-state index contributed by atoms with van der Waals surface area (Å²) >= 11 is 0. The third-order valence-corrected chi connectivity index (χ3v) is 8.13. The molecular weight excluding hydrogens is 478 g/mol. The topological polar surface area (TPSA) is 95.8 Å². The van der Waals surface area contributed by atoms with E-state index in [1.165, 1.54) is 5.56 Å². The Morgan fingerprint density at radius 1 is 0.947 bits per heavy atom. The van der Waals surface area contributed by atoms with E-state index in [0.29, 0.717) is 12.2 Å². The Morgan fingerprint density at radius 3 is 2.26 bits per heavy atom. The quantitative estimate of drug-likeness (QED) is 0.386. The molecule has 3 aromatic rings. The van der Waals surface area contributed by atoms with Gasteiger partial charge in [-0.2, -0.15) is 4.98 Å². The summed E-state index contributed by atoms with van der Waals surface area (Å²) in [5.41, 5.74) is 2.10. The Bertz CT molecular complexity index is 1210. The first-order chi connectivity index (χ1) is 18.6. The largest absolute Gasteiger partial charge is 0.491 e. The highest BCUT2D eigenvalue weighted by Gasteiger charge is 2.38. The van der Waals surface area contributed by atoms with Crippen LogP contribution in [-0.4, -0.2) is 50.2 Å². The fourth-order valence-corrected chi connectivity index (χ4v) is 6.19. The summed E-state index contributed by atoms with van der Waals surface area (Å²) in [4.78, 5) is 24.9. The summed E-state index contributed by atoms with van der Waals surface area (Å²) < 4.78 is 6.02. The zero-order valence-corrected chi connectivity index (χ0v) is 21.9. The summed E-state index contributed by atoms with van der Waals surface area (Å²) in [6.07, 6.45) is 8.69. The maximum Gasteiger partial charge on any atom is 0.276 e. The van der Waals surface area contributed by atoms with Gasteiger partial charge in [-0.05, 0) is 36.8 Å². The second-order valence-electron chi connectivity index (χ2n) is 10.6. The lowest BCUT2D eigenvalue weighted by atomic mass is 9.76. The van der Waals surface area contributed by atoms with Crippen LogP contribution in [0.15, 0.2) is 60.7 Å². The van der Waals surface area contributed by atoms with Crippen molar-refractivity contribution in [1.82, 2.24) is 14.9 Å². The van der Waals surface area contributed by atoms with E-state index >= 15 is 0 Å². The monoisotopic (exact) mass is 515 g/mol. The van der Waals surface area contributed by atoms with Crippen LogP contribution in [0.1, 0.15) is 78.8 Å². The van der Waals surface area contributed by atoms with Gasteiger partial charge in [0, 0.05) is 24.4 Å². The summed E-state index contributed by atoms with van der Waals surface area (Å²) in [6.45, 7) is 0.258. The SMILES string of the molecule is O=C(c1nc(CC2(c3ccccc3)CCCC2)nc(O)c1OCc1ccccc1)N(CCO)C1CCCC1.